The second kappa shape index (κ2) is 46.7. The summed E-state index contributed by atoms with van der Waals surface area (Å²) in [5, 5.41) is 6.69. The summed E-state index contributed by atoms with van der Waals surface area (Å²) in [5.41, 5.74) is 26.4. The van der Waals surface area contributed by atoms with Gasteiger partial charge in [-0.15, -0.1) is 0 Å². The number of carbonyl (C=O) groups is 4. The van der Waals surface area contributed by atoms with Crippen molar-refractivity contribution in [3.8, 4) is 44.5 Å². The van der Waals surface area contributed by atoms with Crippen LogP contribution in [0.1, 0.15) is 256 Å². The number of nitrogens with zero attached hydrogens (tertiary/aromatic N) is 11. The molecule has 1 fully saturated rings. The Balaban J connectivity index is 0.000000224. The Hall–Kier alpha value is -9.12. The van der Waals surface area contributed by atoms with Gasteiger partial charge in [-0.3, -0.25) is 24.2 Å². The summed E-state index contributed by atoms with van der Waals surface area (Å²) in [6.07, 6.45) is 9.76. The van der Waals surface area contributed by atoms with Crippen LogP contribution in [0.3, 0.4) is 0 Å². The Morgan fingerprint density at radius 1 is 0.370 bits per heavy atom. The van der Waals surface area contributed by atoms with Crippen LogP contribution < -0.4 is 0 Å². The molecule has 10 aromatic heterocycles. The third kappa shape index (κ3) is 25.7. The second-order valence-corrected chi connectivity index (χ2v) is 41.3. The van der Waals surface area contributed by atoms with Crippen LogP contribution in [0, 0.1) is 89.0 Å². The molecule has 19 nitrogen and oxygen atoms in total. The van der Waals surface area contributed by atoms with Crippen molar-refractivity contribution in [1.82, 2.24) is 53.2 Å². The first-order valence-corrected chi connectivity index (χ1v) is 47.4. The van der Waals surface area contributed by atoms with Gasteiger partial charge in [-0.2, -0.15) is 54.0 Å². The lowest BCUT2D eigenvalue weighted by Gasteiger charge is -2.29. The molecule has 0 spiro atoms. The van der Waals surface area contributed by atoms with Gasteiger partial charge in [-0.25, -0.2) is 34.3 Å². The zero-order chi connectivity index (χ0) is 98.1. The van der Waals surface area contributed by atoms with E-state index in [0.29, 0.717) is 44.8 Å². The molecule has 4 aromatic carbocycles. The number of ketones is 4. The molecule has 138 heavy (non-hydrogen) atoms. The second-order valence-electron chi connectivity index (χ2n) is 39.5. The SMILES string of the molecule is CC(=O)[C@@H](OC(C)(C)C)c1c(C)nc2c(c(C)c(C)n2CC2CCC2)c1-c1ccc(Cl)cc1.CC(=O)[C@@H](OC(C)(C)C)c1c(C)nc2c(c(C)c(C)n2CCF)c1-c1ccc(Cl)cc1.CC(=O)[C@@H](OC(C)(C)C)c1c(C)nc2c(c(C)c(C)n2Cc2cccnc2)c1-c1ccc(Cl)cc1.CC(=O)[C@@H](OC(C)(C)C)c1c(C)nc2c(c(C)c(C)n2Cc2cncnc2)c1-c1ccc(Cl)cc1.S.S.S.S. The summed E-state index contributed by atoms with van der Waals surface area (Å²) >= 11 is 24.9. The number of aryl methyl sites for hydroxylation is 9. The summed E-state index contributed by atoms with van der Waals surface area (Å²) in [4.78, 5) is 84.3. The normalized spacial score (nSPS) is 13.2. The zero-order valence-corrected chi connectivity index (χ0v) is 91.9. The summed E-state index contributed by atoms with van der Waals surface area (Å²) in [6, 6.07) is 34.9. The molecule has 4 atom stereocenters. The van der Waals surface area contributed by atoms with Gasteiger partial charge in [0.15, 0.2) is 23.1 Å². The van der Waals surface area contributed by atoms with Gasteiger partial charge in [-0.05, 0) is 317 Å². The predicted octanol–water partition coefficient (Wildman–Crippen LogP) is 28.4. The third-order valence-corrected chi connectivity index (χ3v) is 25.9. The van der Waals surface area contributed by atoms with Crippen molar-refractivity contribution in [3.05, 3.63) is 262 Å². The van der Waals surface area contributed by atoms with Crippen LogP contribution in [0.4, 0.5) is 4.39 Å². The topological polar surface area (TPSA) is 215 Å². The minimum atomic E-state index is -0.771. The molecule has 10 heterocycles. The van der Waals surface area contributed by atoms with E-state index in [2.05, 4.69) is 76.3 Å². The Morgan fingerprint density at radius 3 is 0.870 bits per heavy atom. The number of Topliss-reactive ketones (excluding diaryl/α,β-unsaturated/α-hetero) is 4. The van der Waals surface area contributed by atoms with Crippen molar-refractivity contribution < 1.29 is 42.5 Å². The molecule has 738 valence electrons. The number of benzene rings is 4. The van der Waals surface area contributed by atoms with Crippen LogP contribution in [0.15, 0.2) is 140 Å². The number of carbonyl (C=O) groups excluding carboxylic acids is 4. The zero-order valence-electron chi connectivity index (χ0n) is 84.9. The molecule has 0 amide bonds. The average Bonchev–Trinajstić information content (AvgIpc) is 1.58. The highest BCUT2D eigenvalue weighted by Crippen LogP contribution is 2.49. The van der Waals surface area contributed by atoms with Crippen molar-refractivity contribution in [2.45, 2.75) is 286 Å². The number of hydrogen-bond donors (Lipinski definition) is 0. The van der Waals surface area contributed by atoms with E-state index in [4.69, 9.17) is 85.3 Å². The van der Waals surface area contributed by atoms with Crippen LogP contribution in [-0.4, -0.2) is 105 Å². The largest absolute Gasteiger partial charge is 0.360 e. The number of pyridine rings is 5. The third-order valence-electron chi connectivity index (χ3n) is 24.9. The summed E-state index contributed by atoms with van der Waals surface area (Å²) in [7, 11) is 0. The number of fused-ring (bicyclic) bond motifs is 4. The van der Waals surface area contributed by atoms with Crippen LogP contribution in [0.2, 0.25) is 20.1 Å². The van der Waals surface area contributed by atoms with E-state index in [9.17, 15) is 23.6 Å². The molecule has 0 aliphatic heterocycles. The van der Waals surface area contributed by atoms with Crippen LogP contribution in [-0.2, 0) is 64.3 Å². The first kappa shape index (κ1) is 114. The molecule has 0 bridgehead atoms. The molecule has 28 heteroatoms. The fourth-order valence-electron chi connectivity index (χ4n) is 18.1. The van der Waals surface area contributed by atoms with Gasteiger partial charge >= 0.3 is 0 Å². The van der Waals surface area contributed by atoms with Gasteiger partial charge in [0.2, 0.25) is 0 Å². The molecule has 0 unspecified atom stereocenters. The highest BCUT2D eigenvalue weighted by Gasteiger charge is 2.39. The van der Waals surface area contributed by atoms with E-state index >= 15 is 0 Å². The number of rotatable bonds is 24. The molecule has 1 aliphatic carbocycles. The number of halogens is 5. The van der Waals surface area contributed by atoms with Gasteiger partial charge in [-0.1, -0.05) is 107 Å². The Morgan fingerprint density at radius 2 is 0.623 bits per heavy atom. The molecule has 1 aliphatic rings. The summed E-state index contributed by atoms with van der Waals surface area (Å²) < 4.78 is 47.3. The Labute approximate surface area is 861 Å². The van der Waals surface area contributed by atoms with Crippen LogP contribution in [0.25, 0.3) is 88.6 Å². The van der Waals surface area contributed by atoms with Crippen molar-refractivity contribution in [3.63, 3.8) is 0 Å². The van der Waals surface area contributed by atoms with Crippen LogP contribution >= 0.6 is 100 Å². The van der Waals surface area contributed by atoms with Crippen molar-refractivity contribution in [2.75, 3.05) is 6.67 Å². The van der Waals surface area contributed by atoms with E-state index < -0.39 is 53.5 Å². The smallest absolute Gasteiger partial charge is 0.163 e. The number of hydrogen-bond acceptors (Lipinski definition) is 15. The van der Waals surface area contributed by atoms with E-state index in [1.807, 2.05) is 251 Å². The number of aromatic nitrogens is 11. The van der Waals surface area contributed by atoms with Gasteiger partial charge in [0, 0.05) is 169 Å². The van der Waals surface area contributed by atoms with Crippen molar-refractivity contribution in [2.24, 2.45) is 5.92 Å². The monoisotopic (exact) mass is 2030 g/mol. The Kier molecular flexibility index (Phi) is 38.7. The van der Waals surface area contributed by atoms with E-state index in [-0.39, 0.29) is 83.7 Å². The van der Waals surface area contributed by atoms with Gasteiger partial charge < -0.3 is 37.2 Å². The first-order valence-electron chi connectivity index (χ1n) is 45.8. The first-order chi connectivity index (χ1) is 62.9. The van der Waals surface area contributed by atoms with E-state index in [1.54, 1.807) is 27.0 Å². The fourth-order valence-corrected chi connectivity index (χ4v) is 18.6. The van der Waals surface area contributed by atoms with Crippen molar-refractivity contribution in [1.29, 1.82) is 0 Å². The maximum Gasteiger partial charge on any atom is 0.163 e. The maximum absolute atomic E-state index is 13.3. The number of alkyl halides is 1. The Bertz CT molecular complexity index is 6520. The highest BCUT2D eigenvalue weighted by atomic mass is 35.5. The maximum atomic E-state index is 13.3. The van der Waals surface area contributed by atoms with Gasteiger partial charge in [0.1, 0.15) is 60.0 Å². The summed E-state index contributed by atoms with van der Waals surface area (Å²) in [5.74, 6) is 0.492. The number of ether oxygens (including phenoxy) is 4. The van der Waals surface area contributed by atoms with Crippen LogP contribution in [0.5, 0.6) is 0 Å². The molecular formula is C110H136Cl4FN11O8S4. The van der Waals surface area contributed by atoms with Crippen molar-refractivity contribution >= 4 is 168 Å². The molecule has 0 saturated heterocycles. The summed E-state index contributed by atoms with van der Waals surface area (Å²) in [6.45, 7) is 56.4. The molecule has 0 N–H and O–H groups in total. The lowest BCUT2D eigenvalue weighted by Crippen LogP contribution is -2.27. The quantitative estimate of drug-likeness (QED) is 0.0550. The minimum Gasteiger partial charge on any atom is -0.360 e. The standard InChI is InChI=1S/C29H32ClN3O2.C28H31ClN4O2.C28H35ClN2O2.C25H30ClFN2O2.4H2S/c1-17-19(3)33(16-21-9-8-14-31-15-21)28-24(17)26(22-10-12-23(30)13-11-22)25(18(2)32-28)27(20(4)34)35-29(5,6)7;1-16-18(3)33(14-20-12-30-15-31-13-20)27-23(16)25(21-8-10-22(29)11-9-21)24(17(2)32-27)26(19(4)34)35-28(5,6)7;1-16-18(3)31(15-20-9-8-10-20)27-23(16)25(21-11-13-22(29)14-12-21)24(17(2)30-27)26(19(4)32)33-28(5,6)7;1-14-16(3)29(13-12-27)24-20(14)22(18-8-10-19(26)11-9-18)21(15(2)28-24)23(17(4)30)31-25(5,6)7;;;;/h8-15,27H,16H2,1-7H3;8-13,15,26H,14H2,1-7H3;11-14,20,26H,8-10,15H2,1-7H3;8-11,23H,12-13H2,1-7H3;4*1H2/t27-;2*26-;23-;;;;/m1111..../s1. The minimum absolute atomic E-state index is 0. The van der Waals surface area contributed by atoms with E-state index in [1.165, 1.54) is 43.8 Å². The molecule has 14 aromatic rings. The van der Waals surface area contributed by atoms with E-state index in [0.717, 1.165) is 179 Å². The average molecular weight is 2030 g/mol. The lowest BCUT2D eigenvalue weighted by molar-refractivity contribution is -0.139. The van der Waals surface area contributed by atoms with Gasteiger partial charge in [0.05, 0.1) is 42.0 Å². The van der Waals surface area contributed by atoms with Gasteiger partial charge in [0.25, 0.3) is 0 Å². The molecule has 1 saturated carbocycles. The highest BCUT2D eigenvalue weighted by molar-refractivity contribution is 7.59. The molecule has 15 rings (SSSR count). The lowest BCUT2D eigenvalue weighted by atomic mass is 9.85. The predicted molar refractivity (Wildman–Crippen MR) is 584 cm³/mol. The molecule has 0 radical (unpaired) electrons. The molecular weight excluding hydrogens is 1890 g/mol. The fraction of sp³-hybridized carbons (Fsp3) is 0.409.